The van der Waals surface area contributed by atoms with Crippen LogP contribution in [-0.2, 0) is 6.54 Å². The van der Waals surface area contributed by atoms with Gasteiger partial charge in [-0.1, -0.05) is 18.7 Å². The molecule has 0 aromatic carbocycles. The average molecular weight is 255 g/mol. The molecule has 5 heteroatoms. The van der Waals surface area contributed by atoms with Gasteiger partial charge in [-0.15, -0.1) is 11.3 Å². The van der Waals surface area contributed by atoms with E-state index in [9.17, 15) is 0 Å². The van der Waals surface area contributed by atoms with E-state index in [2.05, 4.69) is 29.1 Å². The van der Waals surface area contributed by atoms with Crippen molar-refractivity contribution < 1.29 is 0 Å². The summed E-state index contributed by atoms with van der Waals surface area (Å²) in [5.41, 5.74) is 3.22. The number of amidine groups is 1. The molecule has 3 nitrogen and oxygen atoms in total. The first-order chi connectivity index (χ1) is 7.63. The Kier molecular flexibility index (Phi) is 3.54. The molecule has 0 aliphatic carbocycles. The third-order valence-corrected chi connectivity index (χ3v) is 5.13. The van der Waals surface area contributed by atoms with Gasteiger partial charge in [0.25, 0.3) is 0 Å². The normalized spacial score (nSPS) is 27.3. The van der Waals surface area contributed by atoms with Gasteiger partial charge in [0.15, 0.2) is 5.17 Å². The summed E-state index contributed by atoms with van der Waals surface area (Å²) >= 11 is 3.51. The quantitative estimate of drug-likeness (QED) is 0.902. The van der Waals surface area contributed by atoms with Crippen molar-refractivity contribution in [2.45, 2.75) is 39.3 Å². The van der Waals surface area contributed by atoms with Crippen LogP contribution in [0.5, 0.6) is 0 Å². The van der Waals surface area contributed by atoms with Crippen LogP contribution in [0.15, 0.2) is 10.5 Å². The van der Waals surface area contributed by atoms with Crippen LogP contribution in [-0.4, -0.2) is 21.4 Å². The number of rotatable bonds is 3. The van der Waals surface area contributed by atoms with Crippen LogP contribution in [0.2, 0.25) is 0 Å². The number of aromatic nitrogens is 1. The van der Waals surface area contributed by atoms with Crippen molar-refractivity contribution in [2.75, 3.05) is 5.75 Å². The molecule has 1 aromatic rings. The lowest BCUT2D eigenvalue weighted by molar-refractivity contribution is 0.466. The van der Waals surface area contributed by atoms with E-state index in [1.165, 1.54) is 4.88 Å². The summed E-state index contributed by atoms with van der Waals surface area (Å²) < 4.78 is 0. The van der Waals surface area contributed by atoms with E-state index >= 15 is 0 Å². The first kappa shape index (κ1) is 11.9. The van der Waals surface area contributed by atoms with Crippen LogP contribution < -0.4 is 5.32 Å². The Morgan fingerprint density at radius 2 is 2.44 bits per heavy atom. The smallest absolute Gasteiger partial charge is 0.157 e. The van der Waals surface area contributed by atoms with Gasteiger partial charge in [-0.25, -0.2) is 4.98 Å². The Balaban J connectivity index is 1.98. The first-order valence-corrected chi connectivity index (χ1v) is 7.34. The summed E-state index contributed by atoms with van der Waals surface area (Å²) in [6, 6.07) is 0. The highest BCUT2D eigenvalue weighted by Gasteiger charge is 2.30. The molecular formula is C11H17N3S2. The number of thioether (sulfide) groups is 1. The molecule has 88 valence electrons. The molecule has 2 rings (SSSR count). The van der Waals surface area contributed by atoms with Crippen molar-refractivity contribution in [3.8, 4) is 0 Å². The maximum Gasteiger partial charge on any atom is 0.157 e. The van der Waals surface area contributed by atoms with Crippen LogP contribution in [0, 0.1) is 6.92 Å². The molecule has 0 saturated carbocycles. The lowest BCUT2D eigenvalue weighted by atomic mass is 10.0. The molecule has 1 aromatic heterocycles. The van der Waals surface area contributed by atoms with Crippen LogP contribution in [0.25, 0.3) is 0 Å². The van der Waals surface area contributed by atoms with E-state index in [0.717, 1.165) is 29.6 Å². The zero-order chi connectivity index (χ0) is 11.6. The molecule has 1 N–H and O–H groups in total. The van der Waals surface area contributed by atoms with Crippen molar-refractivity contribution >= 4 is 28.3 Å². The van der Waals surface area contributed by atoms with Crippen LogP contribution in [0.4, 0.5) is 0 Å². The number of aliphatic imine (C=N–C) groups is 1. The zero-order valence-corrected chi connectivity index (χ0v) is 11.5. The van der Waals surface area contributed by atoms with E-state index in [0.29, 0.717) is 0 Å². The van der Waals surface area contributed by atoms with Crippen molar-refractivity contribution in [2.24, 2.45) is 4.99 Å². The zero-order valence-electron chi connectivity index (χ0n) is 9.91. The number of hydrogen-bond donors (Lipinski definition) is 1. The highest BCUT2D eigenvalue weighted by Crippen LogP contribution is 2.26. The fourth-order valence-corrected chi connectivity index (χ4v) is 3.36. The monoisotopic (exact) mass is 255 g/mol. The minimum atomic E-state index is 0.228. The second-order valence-corrected chi connectivity index (χ2v) is 6.21. The van der Waals surface area contributed by atoms with Gasteiger partial charge in [-0.2, -0.15) is 0 Å². The Morgan fingerprint density at radius 3 is 3.00 bits per heavy atom. The average Bonchev–Trinajstić information content (AvgIpc) is 2.84. The molecule has 0 spiro atoms. The fourth-order valence-electron chi connectivity index (χ4n) is 1.46. The predicted molar refractivity (Wildman–Crippen MR) is 72.3 cm³/mol. The predicted octanol–water partition coefficient (Wildman–Crippen LogP) is 2.81. The number of nitrogens with zero attached hydrogens (tertiary/aromatic N) is 2. The second-order valence-electron chi connectivity index (χ2n) is 4.31. The van der Waals surface area contributed by atoms with E-state index in [1.54, 1.807) is 11.3 Å². The van der Waals surface area contributed by atoms with Crippen molar-refractivity contribution in [3.05, 3.63) is 16.1 Å². The third kappa shape index (κ3) is 2.58. The number of aryl methyl sites for hydroxylation is 1. The van der Waals surface area contributed by atoms with Crippen LogP contribution in [0.1, 0.15) is 30.8 Å². The SMILES string of the molecule is CCC1(C)CSC(=NCc2scnc2C)N1. The summed E-state index contributed by atoms with van der Waals surface area (Å²) in [6.45, 7) is 7.26. The summed E-state index contributed by atoms with van der Waals surface area (Å²) in [4.78, 5) is 10.1. The highest BCUT2D eigenvalue weighted by atomic mass is 32.2. The van der Waals surface area contributed by atoms with Crippen LogP contribution in [0.3, 0.4) is 0 Å². The molecule has 1 fully saturated rings. The van der Waals surface area contributed by atoms with Crippen molar-refractivity contribution in [1.82, 2.24) is 10.3 Å². The third-order valence-electron chi connectivity index (χ3n) is 2.93. The van der Waals surface area contributed by atoms with Gasteiger partial charge in [-0.05, 0) is 20.3 Å². The van der Waals surface area contributed by atoms with Gasteiger partial charge in [0.1, 0.15) is 0 Å². The molecule has 1 unspecified atom stereocenters. The lowest BCUT2D eigenvalue weighted by Gasteiger charge is -2.20. The molecule has 1 aliphatic heterocycles. The molecule has 1 saturated heterocycles. The summed E-state index contributed by atoms with van der Waals surface area (Å²) in [6.07, 6.45) is 1.14. The number of thiazole rings is 1. The summed E-state index contributed by atoms with van der Waals surface area (Å²) in [7, 11) is 0. The van der Waals surface area contributed by atoms with Crippen molar-refractivity contribution in [3.63, 3.8) is 0 Å². The molecular weight excluding hydrogens is 238 g/mol. The van der Waals surface area contributed by atoms with Gasteiger partial charge in [0.05, 0.1) is 17.7 Å². The molecule has 2 heterocycles. The van der Waals surface area contributed by atoms with Gasteiger partial charge in [0, 0.05) is 16.2 Å². The minimum Gasteiger partial charge on any atom is -0.359 e. The Hall–Kier alpha value is -0.550. The number of hydrogen-bond acceptors (Lipinski definition) is 4. The van der Waals surface area contributed by atoms with Crippen molar-refractivity contribution in [1.29, 1.82) is 0 Å². The Labute approximate surface area is 105 Å². The largest absolute Gasteiger partial charge is 0.359 e. The number of nitrogens with one attached hydrogen (secondary N) is 1. The molecule has 1 aliphatic rings. The standard InChI is InChI=1S/C11H17N3S2/c1-4-11(3)6-15-10(14-11)12-5-9-8(2)13-7-16-9/h7H,4-6H2,1-3H3,(H,12,14). The molecule has 0 amide bonds. The highest BCUT2D eigenvalue weighted by molar-refractivity contribution is 8.14. The van der Waals surface area contributed by atoms with E-state index in [1.807, 2.05) is 24.2 Å². The van der Waals surface area contributed by atoms with Gasteiger partial charge >= 0.3 is 0 Å². The Bertz CT molecular complexity index is 400. The lowest BCUT2D eigenvalue weighted by Crippen LogP contribution is -2.39. The minimum absolute atomic E-state index is 0.228. The Morgan fingerprint density at radius 1 is 1.62 bits per heavy atom. The summed E-state index contributed by atoms with van der Waals surface area (Å²) in [5.74, 6) is 1.12. The molecule has 0 bridgehead atoms. The van der Waals surface area contributed by atoms with Gasteiger partial charge in [0.2, 0.25) is 0 Å². The van der Waals surface area contributed by atoms with E-state index in [4.69, 9.17) is 0 Å². The van der Waals surface area contributed by atoms with E-state index in [-0.39, 0.29) is 5.54 Å². The maximum atomic E-state index is 4.61. The molecule has 16 heavy (non-hydrogen) atoms. The molecule has 1 atom stereocenters. The maximum absolute atomic E-state index is 4.61. The van der Waals surface area contributed by atoms with Crippen LogP contribution >= 0.6 is 23.1 Å². The second kappa shape index (κ2) is 4.75. The van der Waals surface area contributed by atoms with Gasteiger partial charge in [-0.3, -0.25) is 4.99 Å². The van der Waals surface area contributed by atoms with Gasteiger partial charge < -0.3 is 5.32 Å². The summed E-state index contributed by atoms with van der Waals surface area (Å²) in [5, 5.41) is 4.58. The van der Waals surface area contributed by atoms with E-state index < -0.39 is 0 Å². The fraction of sp³-hybridized carbons (Fsp3) is 0.636. The molecule has 0 radical (unpaired) electrons. The first-order valence-electron chi connectivity index (χ1n) is 5.47. The topological polar surface area (TPSA) is 37.3 Å².